The molecule has 0 bridgehead atoms. The summed E-state index contributed by atoms with van der Waals surface area (Å²) in [5.74, 6) is 6.83. The number of piperidine rings is 2. The maximum absolute atomic E-state index is 12.6. The number of nitrogens with zero attached hydrogens (tertiary/aromatic N) is 2. The van der Waals surface area contributed by atoms with Crippen LogP contribution in [0.1, 0.15) is 223 Å². The van der Waals surface area contributed by atoms with Crippen molar-refractivity contribution in [1.82, 2.24) is 25.8 Å². The number of fused-ring (bicyclic) bond motifs is 12. The molecular formula is C73H118N6O7. The largest absolute Gasteiger partial charge is 0.393 e. The molecular weight excluding hydrogens is 1070 g/mol. The number of hydrogen-bond acceptors (Lipinski definition) is 10. The first-order valence-corrected chi connectivity index (χ1v) is 35.7. The van der Waals surface area contributed by atoms with Gasteiger partial charge < -0.3 is 41.4 Å². The summed E-state index contributed by atoms with van der Waals surface area (Å²) in [5.41, 5.74) is 15.5. The van der Waals surface area contributed by atoms with E-state index in [1.54, 1.807) is 33.4 Å². The molecule has 12 aliphatic rings. The van der Waals surface area contributed by atoms with Crippen LogP contribution in [0.4, 0.5) is 0 Å². The van der Waals surface area contributed by atoms with Crippen molar-refractivity contribution >= 4 is 17.7 Å². The zero-order valence-electron chi connectivity index (χ0n) is 55.1. The zero-order chi connectivity index (χ0) is 60.9. The highest BCUT2D eigenvalue weighted by Gasteiger charge is 2.64. The van der Waals surface area contributed by atoms with E-state index in [1.807, 2.05) is 6.92 Å². The normalized spacial score (nSPS) is 42.2. The molecule has 2 unspecified atom stereocenters. The van der Waals surface area contributed by atoms with E-state index in [4.69, 9.17) is 15.2 Å². The Labute approximate surface area is 519 Å². The Morgan fingerprint density at radius 3 is 1.48 bits per heavy atom. The van der Waals surface area contributed by atoms with E-state index in [9.17, 15) is 24.6 Å². The summed E-state index contributed by atoms with van der Waals surface area (Å²) >= 11 is 0. The van der Waals surface area contributed by atoms with Crippen LogP contribution in [0.25, 0.3) is 0 Å². The first-order valence-electron chi connectivity index (χ1n) is 35.7. The van der Waals surface area contributed by atoms with Gasteiger partial charge in [-0.2, -0.15) is 0 Å². The number of rotatable bonds is 18. The molecule has 86 heavy (non-hydrogen) atoms. The Bertz CT molecular complexity index is 2580. The van der Waals surface area contributed by atoms with E-state index in [0.717, 1.165) is 153 Å². The molecule has 0 aromatic rings. The highest BCUT2D eigenvalue weighted by Crippen LogP contribution is 2.67. The lowest BCUT2D eigenvalue weighted by Crippen LogP contribution is -2.54. The van der Waals surface area contributed by atoms with Gasteiger partial charge in [0.05, 0.1) is 35.6 Å². The molecule has 0 aromatic carbocycles. The lowest BCUT2D eigenvalue weighted by atomic mass is 9.56. The van der Waals surface area contributed by atoms with Gasteiger partial charge in [0.2, 0.25) is 17.7 Å². The molecule has 13 nitrogen and oxygen atoms in total. The lowest BCUT2D eigenvalue weighted by Gasteiger charge is -2.49. The van der Waals surface area contributed by atoms with E-state index in [1.165, 1.54) is 38.5 Å². The number of ether oxygens (including phenoxy) is 2. The SMILES string of the molecule is CC1=C2C[C@H]3[C@@H](CC=C4C[C@@H](O)CC[C@@]43C)[C@@H]2CCC12O[C@@H]1C[C@H](C)CN(CCNC(=O)CCCCCN)[C@H]1[C@H]2C.CCC(=O)NCCCCCC(=O)NCCN1C[C@@H](C)C[C@H]2OC3(CC[C@@H]4C(=C3C)C[C@H]3[C@H]4CC=C4C[C@@H](O)CC[C@@]43C)[C@H](C)[C@@H]21. The molecule has 13 heteroatoms. The van der Waals surface area contributed by atoms with Gasteiger partial charge in [-0.05, 0) is 218 Å². The van der Waals surface area contributed by atoms with E-state index in [2.05, 4.69) is 93.3 Å². The molecule has 2 spiro atoms. The van der Waals surface area contributed by atoms with Crippen LogP contribution in [0.5, 0.6) is 0 Å². The summed E-state index contributed by atoms with van der Waals surface area (Å²) in [6, 6.07) is 0.826. The van der Waals surface area contributed by atoms with Crippen molar-refractivity contribution in [2.24, 2.45) is 75.7 Å². The van der Waals surface area contributed by atoms with Crippen LogP contribution in [0.2, 0.25) is 0 Å². The molecule has 4 saturated heterocycles. The maximum atomic E-state index is 12.6. The van der Waals surface area contributed by atoms with E-state index >= 15 is 0 Å². The minimum Gasteiger partial charge on any atom is -0.393 e. The summed E-state index contributed by atoms with van der Waals surface area (Å²) < 4.78 is 14.6. The molecule has 12 rings (SSSR count). The maximum Gasteiger partial charge on any atom is 0.220 e. The monoisotopic (exact) mass is 1190 g/mol. The highest BCUT2D eigenvalue weighted by atomic mass is 16.5. The number of nitrogens with two attached hydrogens (primary N) is 1. The van der Waals surface area contributed by atoms with Crippen molar-refractivity contribution < 1.29 is 34.1 Å². The topological polar surface area (TPSA) is 179 Å². The Kier molecular flexibility index (Phi) is 20.1. The molecule has 4 heterocycles. The van der Waals surface area contributed by atoms with Crippen LogP contribution >= 0.6 is 0 Å². The van der Waals surface area contributed by atoms with Crippen molar-refractivity contribution in [2.75, 3.05) is 52.4 Å². The quantitative estimate of drug-likeness (QED) is 0.0572. The second-order valence-corrected chi connectivity index (χ2v) is 31.2. The molecule has 4 aliphatic heterocycles. The van der Waals surface area contributed by atoms with Crippen molar-refractivity contribution in [2.45, 2.75) is 271 Å². The molecule has 20 atom stereocenters. The Hall–Kier alpha value is -2.91. The van der Waals surface area contributed by atoms with Crippen LogP contribution < -0.4 is 21.7 Å². The van der Waals surface area contributed by atoms with Gasteiger partial charge in [-0.25, -0.2) is 0 Å². The standard InChI is InChI=1S/C38H61N3O4.C35H57N3O3/c1-6-34(43)39-17-9-7-8-10-35(44)40-18-19-41-23-24(2)20-33-36(41)26(4)38(45-33)16-14-29-30-12-11-27-21-28(42)13-15-37(27,5)32(30)22-31(29)25(38)3;1-22-18-31-33(38(21-22)17-16-37-32(40)8-6-5-7-15-36)24(3)35(41-31)14-12-27-28-10-9-25-19-26(39)11-13-34(25,4)30(28)20-29(27)23(35)2/h11,24,26,28-30,32-33,36,42H,6-10,12-23H2,1-5H3,(H,39,43)(H,40,44);9,22,24,26-28,30-31,33,39H,5-8,10-21,36H2,1-4H3,(H,37,40)/t24-,26+,28-,29-,30-,32-,33+,36-,37-,38?;22-,24+,26-,27-,28-,30-,31+,33-,34-,35?/m00/s1. The molecule has 4 saturated carbocycles. The number of nitrogens with one attached hydrogen (secondary N) is 3. The number of carbonyl (C=O) groups excluding carboxylic acids is 3. The number of allylic oxidation sites excluding steroid dienone is 4. The van der Waals surface area contributed by atoms with Gasteiger partial charge in [-0.3, -0.25) is 24.2 Å². The van der Waals surface area contributed by atoms with Gasteiger partial charge in [0.15, 0.2) is 0 Å². The number of likely N-dealkylation sites (tertiary alicyclic amines) is 2. The van der Waals surface area contributed by atoms with Crippen molar-refractivity contribution in [3.05, 3.63) is 45.6 Å². The number of amides is 3. The predicted octanol–water partition coefficient (Wildman–Crippen LogP) is 11.3. The van der Waals surface area contributed by atoms with Crippen LogP contribution in [0.15, 0.2) is 45.6 Å². The van der Waals surface area contributed by atoms with Gasteiger partial charge in [0.1, 0.15) is 0 Å². The van der Waals surface area contributed by atoms with Crippen LogP contribution in [-0.2, 0) is 23.9 Å². The fraction of sp³-hybridized carbons (Fsp3) is 0.849. The highest BCUT2D eigenvalue weighted by molar-refractivity contribution is 5.76. The van der Waals surface area contributed by atoms with Gasteiger partial charge in [-0.1, -0.05) is 95.8 Å². The molecule has 3 amide bonds. The fourth-order valence-corrected chi connectivity index (χ4v) is 21.8. The number of aliphatic hydroxyl groups is 2. The van der Waals surface area contributed by atoms with Crippen molar-refractivity contribution in [3.8, 4) is 0 Å². The smallest absolute Gasteiger partial charge is 0.220 e. The van der Waals surface area contributed by atoms with Crippen LogP contribution in [0.3, 0.4) is 0 Å². The summed E-state index contributed by atoms with van der Waals surface area (Å²) in [6.07, 6.45) is 30.5. The second-order valence-electron chi connectivity index (χ2n) is 31.2. The lowest BCUT2D eigenvalue weighted by molar-refractivity contribution is -0.122. The summed E-state index contributed by atoms with van der Waals surface area (Å²) in [5, 5.41) is 30.1. The Balaban J connectivity index is 0.000000179. The second kappa shape index (κ2) is 26.7. The molecule has 0 aromatic heterocycles. The third-order valence-corrected chi connectivity index (χ3v) is 26.5. The number of carbonyl (C=O) groups is 3. The average molecular weight is 1190 g/mol. The first-order chi connectivity index (χ1) is 41.2. The van der Waals surface area contributed by atoms with Crippen molar-refractivity contribution in [3.63, 3.8) is 0 Å². The van der Waals surface area contributed by atoms with Crippen molar-refractivity contribution in [1.29, 1.82) is 0 Å². The first kappa shape index (κ1) is 64.6. The number of hydrogen-bond donors (Lipinski definition) is 6. The van der Waals surface area contributed by atoms with E-state index in [-0.39, 0.29) is 64.2 Å². The summed E-state index contributed by atoms with van der Waals surface area (Å²) in [7, 11) is 0. The third kappa shape index (κ3) is 12.2. The van der Waals surface area contributed by atoms with E-state index < -0.39 is 0 Å². The van der Waals surface area contributed by atoms with Gasteiger partial charge in [-0.15, -0.1) is 0 Å². The molecule has 0 radical (unpaired) electrons. The predicted molar refractivity (Wildman–Crippen MR) is 343 cm³/mol. The number of unbranched alkanes of at least 4 members (excludes halogenated alkanes) is 4. The number of aliphatic hydroxyl groups excluding tert-OH is 2. The fourth-order valence-electron chi connectivity index (χ4n) is 21.8. The molecule has 8 aliphatic carbocycles. The molecule has 482 valence electrons. The molecule has 7 N–H and O–H groups in total. The Morgan fingerprint density at radius 1 is 0.593 bits per heavy atom. The summed E-state index contributed by atoms with van der Waals surface area (Å²) in [6.45, 7) is 28.2. The zero-order valence-corrected chi connectivity index (χ0v) is 55.1. The van der Waals surface area contributed by atoms with E-state index in [0.29, 0.717) is 92.4 Å². The third-order valence-electron chi connectivity index (χ3n) is 26.5. The minimum atomic E-state index is -0.156. The minimum absolute atomic E-state index is 0.0950. The Morgan fingerprint density at radius 2 is 1.03 bits per heavy atom. The van der Waals surface area contributed by atoms with Gasteiger partial charge in [0.25, 0.3) is 0 Å². The average Bonchev–Trinajstić information content (AvgIpc) is 2.91. The van der Waals surface area contributed by atoms with Crippen LogP contribution in [-0.4, -0.2) is 138 Å². The van der Waals surface area contributed by atoms with Gasteiger partial charge in [0, 0.05) is 89.0 Å². The van der Waals surface area contributed by atoms with Crippen LogP contribution in [0, 0.1) is 70.0 Å². The van der Waals surface area contributed by atoms with Gasteiger partial charge >= 0.3 is 0 Å². The summed E-state index contributed by atoms with van der Waals surface area (Å²) in [4.78, 5) is 41.7. The molecule has 8 fully saturated rings.